The normalized spacial score (nSPS) is 24.5. The first-order chi connectivity index (χ1) is 38.6. The molecule has 0 radical (unpaired) electrons. The number of unbranched alkanes of at least 4 members (excludes halogenated alkanes) is 39. The number of aliphatic hydroxyl groups excluding tert-OH is 8. The van der Waals surface area contributed by atoms with Crippen molar-refractivity contribution in [2.45, 2.75) is 364 Å². The van der Waals surface area contributed by atoms with Crippen LogP contribution in [0.2, 0.25) is 0 Å². The van der Waals surface area contributed by atoms with E-state index in [0.29, 0.717) is 12.8 Å². The van der Waals surface area contributed by atoms with Gasteiger partial charge in [0.05, 0.1) is 32.0 Å². The van der Waals surface area contributed by atoms with E-state index < -0.39 is 86.8 Å². The molecule has 79 heavy (non-hydrogen) atoms. The largest absolute Gasteiger partial charge is 0.394 e. The molecule has 2 aliphatic rings. The van der Waals surface area contributed by atoms with Crippen molar-refractivity contribution in [1.82, 2.24) is 5.32 Å². The van der Waals surface area contributed by atoms with Crippen molar-refractivity contribution >= 4 is 5.91 Å². The second-order valence-electron chi connectivity index (χ2n) is 23.6. The number of nitrogens with one attached hydrogen (secondary N) is 1. The fourth-order valence-electron chi connectivity index (χ4n) is 11.1. The van der Waals surface area contributed by atoms with Gasteiger partial charge in [-0.2, -0.15) is 0 Å². The fraction of sp³-hybridized carbons (Fsp3) is 0.923. The lowest BCUT2D eigenvalue weighted by Crippen LogP contribution is -2.65. The quantitative estimate of drug-likeness (QED) is 0.0204. The van der Waals surface area contributed by atoms with E-state index in [9.17, 15) is 45.6 Å². The molecule has 0 aromatic heterocycles. The highest BCUT2D eigenvalue weighted by atomic mass is 16.7. The Balaban J connectivity index is 1.51. The van der Waals surface area contributed by atoms with E-state index in [1.165, 1.54) is 212 Å². The molecule has 14 nitrogen and oxygen atoms in total. The number of allylic oxidation sites excluding steroid dienone is 3. The molecular weight excluding hydrogens is 1000 g/mol. The summed E-state index contributed by atoms with van der Waals surface area (Å²) in [6.45, 7) is 2.72. The predicted octanol–water partition coefficient (Wildman–Crippen LogP) is 12.4. The zero-order valence-electron chi connectivity index (χ0n) is 50.4. The van der Waals surface area contributed by atoms with Gasteiger partial charge in [-0.1, -0.05) is 282 Å². The third-order valence-electron chi connectivity index (χ3n) is 16.4. The minimum atomic E-state index is -1.79. The molecule has 0 spiro atoms. The summed E-state index contributed by atoms with van der Waals surface area (Å²) in [5, 5.41) is 86.7. The number of hydrogen-bond donors (Lipinski definition) is 9. The second-order valence-corrected chi connectivity index (χ2v) is 23.6. The van der Waals surface area contributed by atoms with Crippen LogP contribution in [0, 0.1) is 0 Å². The molecule has 12 unspecified atom stereocenters. The van der Waals surface area contributed by atoms with E-state index in [1.54, 1.807) is 6.08 Å². The van der Waals surface area contributed by atoms with E-state index in [-0.39, 0.29) is 18.9 Å². The SMILES string of the molecule is CCCC/C=C/CC/C=C/C(O)C(COC1OC(CO)C(OC2OC(CO)C(O)C(O)C2O)C(O)C1O)NC(=O)CCCCCCCCCCCCCCCCCCCCCCCCCCCCCCCCCCCCCCC. The van der Waals surface area contributed by atoms with Crippen LogP contribution >= 0.6 is 0 Å². The van der Waals surface area contributed by atoms with E-state index in [2.05, 4.69) is 31.3 Å². The Labute approximate surface area is 481 Å². The Morgan fingerprint density at radius 3 is 1.23 bits per heavy atom. The molecule has 1 amide bonds. The highest BCUT2D eigenvalue weighted by Gasteiger charge is 2.51. The first-order valence-electron chi connectivity index (χ1n) is 33.1. The number of aliphatic hydroxyl groups is 8. The van der Waals surface area contributed by atoms with Gasteiger partial charge in [0.1, 0.15) is 48.8 Å². The number of carbonyl (C=O) groups is 1. The third-order valence-corrected chi connectivity index (χ3v) is 16.4. The molecule has 0 aromatic carbocycles. The minimum Gasteiger partial charge on any atom is -0.394 e. The third kappa shape index (κ3) is 36.0. The van der Waals surface area contributed by atoms with Crippen LogP contribution in [-0.2, 0) is 23.7 Å². The summed E-state index contributed by atoms with van der Waals surface area (Å²) in [6.07, 6.45) is 46.0. The second kappa shape index (κ2) is 50.9. The standard InChI is InChI=1S/C65H123NO13/c1-3-5-7-9-11-13-14-15-16-17-18-19-20-21-22-23-24-25-26-27-28-29-30-31-32-33-34-35-36-37-38-39-40-41-43-45-47-49-57(70)66-53(54(69)48-46-44-42-12-10-8-6-4-2)52-76-64-62(75)60(73)63(56(51-68)78-64)79-65-61(74)59(72)58(71)55(50-67)77-65/h10,12,46,48,53-56,58-65,67-69,71-75H,3-9,11,13-45,47,49-52H2,1-2H3,(H,66,70)/b12-10+,48-46+. The summed E-state index contributed by atoms with van der Waals surface area (Å²) in [6, 6.07) is -0.926. The highest BCUT2D eigenvalue weighted by Crippen LogP contribution is 2.30. The Kier molecular flexibility index (Phi) is 47.4. The smallest absolute Gasteiger partial charge is 0.220 e. The number of hydrogen-bond acceptors (Lipinski definition) is 13. The van der Waals surface area contributed by atoms with Crippen LogP contribution in [0.5, 0.6) is 0 Å². The van der Waals surface area contributed by atoms with Crippen LogP contribution in [0.4, 0.5) is 0 Å². The molecule has 2 aliphatic heterocycles. The molecule has 466 valence electrons. The Morgan fingerprint density at radius 2 is 0.810 bits per heavy atom. The lowest BCUT2D eigenvalue weighted by molar-refractivity contribution is -0.359. The van der Waals surface area contributed by atoms with Gasteiger partial charge in [-0.05, 0) is 25.7 Å². The first kappa shape index (κ1) is 73.6. The number of amides is 1. The van der Waals surface area contributed by atoms with Gasteiger partial charge >= 0.3 is 0 Å². The van der Waals surface area contributed by atoms with Gasteiger partial charge in [-0.3, -0.25) is 4.79 Å². The monoisotopic (exact) mass is 1130 g/mol. The van der Waals surface area contributed by atoms with Crippen LogP contribution < -0.4 is 5.32 Å². The van der Waals surface area contributed by atoms with Gasteiger partial charge < -0.3 is 65.1 Å². The van der Waals surface area contributed by atoms with Crippen molar-refractivity contribution in [2.24, 2.45) is 0 Å². The van der Waals surface area contributed by atoms with Crippen molar-refractivity contribution in [1.29, 1.82) is 0 Å². The van der Waals surface area contributed by atoms with Crippen LogP contribution in [0.1, 0.15) is 290 Å². The zero-order chi connectivity index (χ0) is 57.4. The van der Waals surface area contributed by atoms with Crippen molar-refractivity contribution in [3.8, 4) is 0 Å². The minimum absolute atomic E-state index is 0.248. The Hall–Kier alpha value is -1.53. The summed E-state index contributed by atoms with van der Waals surface area (Å²) in [5.74, 6) is -0.248. The van der Waals surface area contributed by atoms with Crippen LogP contribution in [0.25, 0.3) is 0 Å². The van der Waals surface area contributed by atoms with Gasteiger partial charge in [-0.15, -0.1) is 0 Å². The molecule has 0 aliphatic carbocycles. The van der Waals surface area contributed by atoms with E-state index in [0.717, 1.165) is 44.9 Å². The number of carbonyl (C=O) groups excluding carboxylic acids is 1. The molecule has 0 bridgehead atoms. The van der Waals surface area contributed by atoms with Gasteiger partial charge in [0.2, 0.25) is 5.91 Å². The number of ether oxygens (including phenoxy) is 4. The van der Waals surface area contributed by atoms with Gasteiger partial charge in [0.25, 0.3) is 0 Å². The maximum absolute atomic E-state index is 13.2. The number of rotatable bonds is 54. The molecular formula is C65H123NO13. The summed E-state index contributed by atoms with van der Waals surface area (Å²) >= 11 is 0. The van der Waals surface area contributed by atoms with Crippen LogP contribution in [0.3, 0.4) is 0 Å². The average Bonchev–Trinajstić information content (AvgIpc) is 3.54. The van der Waals surface area contributed by atoms with Crippen molar-refractivity contribution < 1.29 is 64.6 Å². The molecule has 2 fully saturated rings. The molecule has 2 saturated heterocycles. The van der Waals surface area contributed by atoms with Gasteiger partial charge in [0.15, 0.2) is 12.6 Å². The lowest BCUT2D eigenvalue weighted by Gasteiger charge is -2.46. The first-order valence-corrected chi connectivity index (χ1v) is 33.1. The highest BCUT2D eigenvalue weighted by molar-refractivity contribution is 5.76. The van der Waals surface area contributed by atoms with E-state index in [1.807, 2.05) is 6.08 Å². The molecule has 2 rings (SSSR count). The maximum atomic E-state index is 13.2. The lowest BCUT2D eigenvalue weighted by atomic mass is 9.97. The molecule has 14 heteroatoms. The summed E-state index contributed by atoms with van der Waals surface area (Å²) in [7, 11) is 0. The fourth-order valence-corrected chi connectivity index (χ4v) is 11.1. The van der Waals surface area contributed by atoms with Gasteiger partial charge in [-0.25, -0.2) is 0 Å². The molecule has 9 N–H and O–H groups in total. The molecule has 2 heterocycles. The molecule has 0 saturated carbocycles. The van der Waals surface area contributed by atoms with Gasteiger partial charge in [0, 0.05) is 6.42 Å². The predicted molar refractivity (Wildman–Crippen MR) is 318 cm³/mol. The molecule has 0 aromatic rings. The van der Waals surface area contributed by atoms with E-state index >= 15 is 0 Å². The Morgan fingerprint density at radius 1 is 0.443 bits per heavy atom. The summed E-state index contributed by atoms with van der Waals surface area (Å²) in [5.41, 5.74) is 0. The Bertz CT molecular complexity index is 1420. The van der Waals surface area contributed by atoms with Crippen molar-refractivity contribution in [3.63, 3.8) is 0 Å². The van der Waals surface area contributed by atoms with Crippen LogP contribution in [0.15, 0.2) is 24.3 Å². The summed E-state index contributed by atoms with van der Waals surface area (Å²) in [4.78, 5) is 13.2. The van der Waals surface area contributed by atoms with Crippen LogP contribution in [-0.4, -0.2) is 140 Å². The zero-order valence-corrected chi connectivity index (χ0v) is 50.4. The summed E-state index contributed by atoms with van der Waals surface area (Å²) < 4.78 is 22.7. The topological polar surface area (TPSA) is 228 Å². The van der Waals surface area contributed by atoms with Crippen molar-refractivity contribution in [3.05, 3.63) is 24.3 Å². The van der Waals surface area contributed by atoms with E-state index in [4.69, 9.17) is 18.9 Å². The average molecular weight is 1130 g/mol. The van der Waals surface area contributed by atoms with Crippen molar-refractivity contribution in [2.75, 3.05) is 19.8 Å². The maximum Gasteiger partial charge on any atom is 0.220 e. The molecule has 12 atom stereocenters.